The summed E-state index contributed by atoms with van der Waals surface area (Å²) < 4.78 is 28.4. The van der Waals surface area contributed by atoms with Gasteiger partial charge in [0.25, 0.3) is 0 Å². The molecule has 158 valence electrons. The summed E-state index contributed by atoms with van der Waals surface area (Å²) in [5.41, 5.74) is 2.12. The molecular formula is C23H26N2O4S. The van der Waals surface area contributed by atoms with Crippen LogP contribution in [0.2, 0.25) is 0 Å². The number of fused-ring (bicyclic) bond motifs is 1. The van der Waals surface area contributed by atoms with Crippen LogP contribution in [0.15, 0.2) is 53.4 Å². The smallest absolute Gasteiger partial charge is 0.241 e. The second-order valence-electron chi connectivity index (χ2n) is 8.17. The van der Waals surface area contributed by atoms with Crippen LogP contribution in [-0.2, 0) is 32.7 Å². The van der Waals surface area contributed by atoms with Crippen LogP contribution in [-0.4, -0.2) is 25.1 Å². The number of rotatable bonds is 6. The molecule has 1 saturated heterocycles. The Labute approximate surface area is 177 Å². The Morgan fingerprint density at radius 2 is 1.57 bits per heavy atom. The van der Waals surface area contributed by atoms with Gasteiger partial charge < -0.3 is 0 Å². The van der Waals surface area contributed by atoms with Crippen LogP contribution < -0.4 is 4.72 Å². The second kappa shape index (κ2) is 8.32. The quantitative estimate of drug-likeness (QED) is 0.720. The second-order valence-corrected chi connectivity index (χ2v) is 9.91. The van der Waals surface area contributed by atoms with E-state index in [4.69, 9.17) is 0 Å². The summed E-state index contributed by atoms with van der Waals surface area (Å²) in [5.74, 6) is -0.631. The molecular weight excluding hydrogens is 400 g/mol. The van der Waals surface area contributed by atoms with Gasteiger partial charge in [0.15, 0.2) is 0 Å². The molecule has 2 fully saturated rings. The molecule has 0 radical (unpaired) electrons. The summed E-state index contributed by atoms with van der Waals surface area (Å²) in [6.45, 7) is 2.05. The minimum atomic E-state index is -3.73. The standard InChI is InChI=1S/C23H26N2O4S/c1-16-11-12-18(15-25-22(26)19-9-5-6-10-20(19)23(25)27)13-21(16)30(28,29)24-14-17-7-3-2-4-8-17/h2-4,7-8,11-13,19-20,24H,5-6,9-10,14-15H2,1H3/t19-,20+. The average molecular weight is 427 g/mol. The molecule has 2 aromatic rings. The molecule has 4 rings (SSSR count). The number of nitrogens with zero attached hydrogens (tertiary/aromatic N) is 1. The Balaban J connectivity index is 1.53. The number of hydrogen-bond acceptors (Lipinski definition) is 4. The van der Waals surface area contributed by atoms with Gasteiger partial charge in [-0.3, -0.25) is 14.5 Å². The van der Waals surface area contributed by atoms with Gasteiger partial charge in [-0.25, -0.2) is 13.1 Å². The number of amides is 2. The number of likely N-dealkylation sites (tertiary alicyclic amines) is 1. The van der Waals surface area contributed by atoms with E-state index in [9.17, 15) is 18.0 Å². The third kappa shape index (κ3) is 4.04. The monoisotopic (exact) mass is 426 g/mol. The molecule has 1 saturated carbocycles. The highest BCUT2D eigenvalue weighted by Crippen LogP contribution is 2.38. The lowest BCUT2D eigenvalue weighted by Gasteiger charge is -2.19. The third-order valence-electron chi connectivity index (χ3n) is 6.12. The third-order valence-corrected chi connectivity index (χ3v) is 7.67. The number of aryl methyl sites for hydroxylation is 1. The minimum Gasteiger partial charge on any atom is -0.278 e. The Bertz CT molecular complexity index is 1040. The van der Waals surface area contributed by atoms with Gasteiger partial charge in [0, 0.05) is 6.54 Å². The van der Waals surface area contributed by atoms with Crippen molar-refractivity contribution in [2.24, 2.45) is 11.8 Å². The lowest BCUT2D eigenvalue weighted by atomic mass is 9.81. The van der Waals surface area contributed by atoms with E-state index in [0.29, 0.717) is 11.1 Å². The van der Waals surface area contributed by atoms with Crippen LogP contribution in [0.1, 0.15) is 42.4 Å². The molecule has 0 spiro atoms. The van der Waals surface area contributed by atoms with Gasteiger partial charge in [-0.2, -0.15) is 0 Å². The van der Waals surface area contributed by atoms with E-state index in [1.807, 2.05) is 30.3 Å². The first-order valence-corrected chi connectivity index (χ1v) is 11.8. The zero-order chi connectivity index (χ0) is 21.3. The minimum absolute atomic E-state index is 0.114. The Hall–Kier alpha value is -2.51. The van der Waals surface area contributed by atoms with E-state index >= 15 is 0 Å². The SMILES string of the molecule is Cc1ccc(CN2C(=O)[C@H]3CCCC[C@H]3C2=O)cc1S(=O)(=O)NCc1ccccc1. The Morgan fingerprint density at radius 3 is 2.20 bits per heavy atom. The molecule has 0 aromatic heterocycles. The van der Waals surface area contributed by atoms with E-state index in [0.717, 1.165) is 31.2 Å². The first-order valence-electron chi connectivity index (χ1n) is 10.3. The summed E-state index contributed by atoms with van der Waals surface area (Å²) in [6.07, 6.45) is 3.49. The van der Waals surface area contributed by atoms with Gasteiger partial charge >= 0.3 is 0 Å². The highest BCUT2D eigenvalue weighted by molar-refractivity contribution is 7.89. The molecule has 2 amide bonds. The van der Waals surface area contributed by atoms with Crippen LogP contribution in [0.4, 0.5) is 0 Å². The number of hydrogen-bond donors (Lipinski definition) is 1. The van der Waals surface area contributed by atoms with Crippen LogP contribution >= 0.6 is 0 Å². The lowest BCUT2D eigenvalue weighted by molar-refractivity contribution is -0.140. The van der Waals surface area contributed by atoms with Crippen molar-refractivity contribution in [1.29, 1.82) is 0 Å². The lowest BCUT2D eigenvalue weighted by Crippen LogP contribution is -2.30. The zero-order valence-corrected chi connectivity index (χ0v) is 17.8. The molecule has 0 unspecified atom stereocenters. The van der Waals surface area contributed by atoms with Crippen LogP contribution in [0.3, 0.4) is 0 Å². The van der Waals surface area contributed by atoms with Gasteiger partial charge in [-0.1, -0.05) is 55.3 Å². The van der Waals surface area contributed by atoms with Crippen LogP contribution in [0.25, 0.3) is 0 Å². The molecule has 2 atom stereocenters. The van der Waals surface area contributed by atoms with Gasteiger partial charge in [-0.15, -0.1) is 0 Å². The van der Waals surface area contributed by atoms with Gasteiger partial charge in [0.1, 0.15) is 0 Å². The molecule has 2 aromatic carbocycles. The number of benzene rings is 2. The number of nitrogens with one attached hydrogen (secondary N) is 1. The van der Waals surface area contributed by atoms with Gasteiger partial charge in [-0.05, 0) is 42.5 Å². The maximum Gasteiger partial charge on any atom is 0.241 e. The molecule has 6 nitrogen and oxygen atoms in total. The topological polar surface area (TPSA) is 83.6 Å². The Morgan fingerprint density at radius 1 is 0.933 bits per heavy atom. The van der Waals surface area contributed by atoms with Crippen LogP contribution in [0, 0.1) is 18.8 Å². The van der Waals surface area contributed by atoms with E-state index in [-0.39, 0.29) is 41.6 Å². The molecule has 30 heavy (non-hydrogen) atoms. The number of sulfonamides is 1. The number of carbonyl (C=O) groups excluding carboxylic acids is 2. The normalized spacial score (nSPS) is 21.7. The van der Waals surface area contributed by atoms with E-state index in [1.165, 1.54) is 4.90 Å². The molecule has 1 N–H and O–H groups in total. The van der Waals surface area contributed by atoms with Crippen molar-refractivity contribution in [3.05, 3.63) is 65.2 Å². The fourth-order valence-electron chi connectivity index (χ4n) is 4.45. The summed E-state index contributed by atoms with van der Waals surface area (Å²) in [5, 5.41) is 0. The predicted octanol–water partition coefficient (Wildman–Crippen LogP) is 3.15. The summed E-state index contributed by atoms with van der Waals surface area (Å²) in [4.78, 5) is 27.0. The van der Waals surface area contributed by atoms with Crippen molar-refractivity contribution in [1.82, 2.24) is 9.62 Å². The van der Waals surface area contributed by atoms with Crippen molar-refractivity contribution >= 4 is 21.8 Å². The van der Waals surface area contributed by atoms with Crippen molar-refractivity contribution < 1.29 is 18.0 Å². The molecule has 0 bridgehead atoms. The zero-order valence-electron chi connectivity index (χ0n) is 17.0. The molecule has 1 heterocycles. The van der Waals surface area contributed by atoms with Crippen molar-refractivity contribution in [3.63, 3.8) is 0 Å². The molecule has 1 aliphatic carbocycles. The maximum absolute atomic E-state index is 12.9. The summed E-state index contributed by atoms with van der Waals surface area (Å²) in [7, 11) is -3.73. The summed E-state index contributed by atoms with van der Waals surface area (Å²) in [6, 6.07) is 14.4. The average Bonchev–Trinajstić information content (AvgIpc) is 2.99. The fraction of sp³-hybridized carbons (Fsp3) is 0.391. The van der Waals surface area contributed by atoms with Crippen molar-refractivity contribution in [2.45, 2.75) is 50.6 Å². The first kappa shape index (κ1) is 20.8. The first-order chi connectivity index (χ1) is 14.4. The summed E-state index contributed by atoms with van der Waals surface area (Å²) >= 11 is 0. The number of imide groups is 1. The Kier molecular flexibility index (Phi) is 5.75. The van der Waals surface area contributed by atoms with E-state index in [1.54, 1.807) is 25.1 Å². The largest absolute Gasteiger partial charge is 0.278 e. The molecule has 1 aliphatic heterocycles. The van der Waals surface area contributed by atoms with Crippen molar-refractivity contribution in [3.8, 4) is 0 Å². The molecule has 2 aliphatic rings. The predicted molar refractivity (Wildman–Crippen MR) is 113 cm³/mol. The highest BCUT2D eigenvalue weighted by Gasteiger charge is 2.47. The number of carbonyl (C=O) groups is 2. The van der Waals surface area contributed by atoms with Crippen molar-refractivity contribution in [2.75, 3.05) is 0 Å². The van der Waals surface area contributed by atoms with E-state index < -0.39 is 10.0 Å². The molecule has 7 heteroatoms. The van der Waals surface area contributed by atoms with Gasteiger partial charge in [0.2, 0.25) is 21.8 Å². The fourth-order valence-corrected chi connectivity index (χ4v) is 5.76. The highest BCUT2D eigenvalue weighted by atomic mass is 32.2. The maximum atomic E-state index is 12.9. The van der Waals surface area contributed by atoms with Gasteiger partial charge in [0.05, 0.1) is 23.3 Å². The van der Waals surface area contributed by atoms with E-state index in [2.05, 4.69) is 4.72 Å². The van der Waals surface area contributed by atoms with Crippen LogP contribution in [0.5, 0.6) is 0 Å².